The molecule has 0 spiro atoms. The lowest BCUT2D eigenvalue weighted by atomic mass is 10.2. The van der Waals surface area contributed by atoms with Crippen molar-refractivity contribution in [2.75, 3.05) is 19.5 Å². The number of carbonyl (C=O) groups is 1. The van der Waals surface area contributed by atoms with Gasteiger partial charge in [-0.05, 0) is 48.1 Å². The molecule has 2 aromatic rings. The monoisotopic (exact) mass is 387 g/mol. The molecular formula is C18H17N3O5S. The Kier molecular flexibility index (Phi) is 6.84. The Balaban J connectivity index is 1.93. The third-order valence-corrected chi connectivity index (χ3v) is 3.61. The van der Waals surface area contributed by atoms with Gasteiger partial charge in [-0.1, -0.05) is 6.07 Å². The zero-order valence-corrected chi connectivity index (χ0v) is 15.4. The van der Waals surface area contributed by atoms with Gasteiger partial charge in [0, 0.05) is 23.9 Å². The first-order chi connectivity index (χ1) is 12.9. The van der Waals surface area contributed by atoms with Crippen LogP contribution in [0.4, 0.5) is 11.4 Å². The number of thiocarbonyl (C=S) groups is 1. The fourth-order valence-electron chi connectivity index (χ4n) is 2.11. The standard InChI is InChI=1S/C18H17N3O5S/c1-25-15-9-3-12(11-16(15)26-2)4-10-17(22)20-18(27)19-13-5-7-14(8-6-13)21(23)24/h3-11H,1-2H3,(H2,19,20,22,27)/b10-4+. The average molecular weight is 387 g/mol. The van der Waals surface area contributed by atoms with Crippen LogP contribution >= 0.6 is 12.2 Å². The first-order valence-corrected chi connectivity index (χ1v) is 8.10. The summed E-state index contributed by atoms with van der Waals surface area (Å²) in [4.78, 5) is 22.1. The molecule has 2 N–H and O–H groups in total. The van der Waals surface area contributed by atoms with Crippen molar-refractivity contribution in [2.24, 2.45) is 0 Å². The number of non-ortho nitro benzene ring substituents is 1. The lowest BCUT2D eigenvalue weighted by Crippen LogP contribution is -2.32. The number of methoxy groups -OCH3 is 2. The molecule has 0 radical (unpaired) electrons. The number of hydrogen-bond donors (Lipinski definition) is 2. The van der Waals surface area contributed by atoms with Gasteiger partial charge in [0.05, 0.1) is 19.1 Å². The lowest BCUT2D eigenvalue weighted by molar-refractivity contribution is -0.384. The van der Waals surface area contributed by atoms with Crippen molar-refractivity contribution >= 4 is 40.7 Å². The van der Waals surface area contributed by atoms with E-state index in [1.54, 1.807) is 31.4 Å². The second-order valence-corrected chi connectivity index (χ2v) is 5.60. The van der Waals surface area contributed by atoms with Crippen molar-refractivity contribution in [1.29, 1.82) is 0 Å². The van der Waals surface area contributed by atoms with Gasteiger partial charge >= 0.3 is 0 Å². The molecule has 0 heterocycles. The van der Waals surface area contributed by atoms with Crippen molar-refractivity contribution in [3.63, 3.8) is 0 Å². The SMILES string of the molecule is COc1ccc(/C=C/C(=O)NC(=S)Nc2ccc([N+](=O)[O-])cc2)cc1OC. The van der Waals surface area contributed by atoms with E-state index in [1.807, 2.05) is 0 Å². The fourth-order valence-corrected chi connectivity index (χ4v) is 2.33. The fraction of sp³-hybridized carbons (Fsp3) is 0.111. The van der Waals surface area contributed by atoms with Crippen LogP contribution in [0.3, 0.4) is 0 Å². The molecule has 2 rings (SSSR count). The summed E-state index contributed by atoms with van der Waals surface area (Å²) in [6.45, 7) is 0. The van der Waals surface area contributed by atoms with Gasteiger partial charge in [0.15, 0.2) is 16.6 Å². The number of carbonyl (C=O) groups excluding carboxylic acids is 1. The Morgan fingerprint density at radius 3 is 2.37 bits per heavy atom. The molecular weight excluding hydrogens is 370 g/mol. The number of nitro groups is 1. The van der Waals surface area contributed by atoms with Crippen LogP contribution in [0.1, 0.15) is 5.56 Å². The molecule has 0 unspecified atom stereocenters. The van der Waals surface area contributed by atoms with Crippen LogP contribution in [0.15, 0.2) is 48.5 Å². The van der Waals surface area contributed by atoms with Crippen molar-refractivity contribution in [3.8, 4) is 11.5 Å². The van der Waals surface area contributed by atoms with E-state index in [4.69, 9.17) is 21.7 Å². The van der Waals surface area contributed by atoms with Crippen molar-refractivity contribution in [1.82, 2.24) is 5.32 Å². The molecule has 0 bridgehead atoms. The third kappa shape index (κ3) is 5.79. The van der Waals surface area contributed by atoms with E-state index in [9.17, 15) is 14.9 Å². The normalized spacial score (nSPS) is 10.3. The topological polar surface area (TPSA) is 103 Å². The number of nitro benzene ring substituents is 1. The maximum Gasteiger partial charge on any atom is 0.269 e. The summed E-state index contributed by atoms with van der Waals surface area (Å²) in [5, 5.41) is 16.0. The highest BCUT2D eigenvalue weighted by Gasteiger charge is 2.06. The second kappa shape index (κ2) is 9.30. The molecule has 0 aromatic heterocycles. The number of amides is 1. The molecule has 2 aromatic carbocycles. The van der Waals surface area contributed by atoms with E-state index in [0.29, 0.717) is 17.2 Å². The van der Waals surface area contributed by atoms with E-state index < -0.39 is 10.8 Å². The minimum atomic E-state index is -0.497. The molecule has 0 aliphatic heterocycles. The average Bonchev–Trinajstić information content (AvgIpc) is 2.66. The van der Waals surface area contributed by atoms with E-state index in [1.165, 1.54) is 37.5 Å². The van der Waals surface area contributed by atoms with Gasteiger partial charge in [0.2, 0.25) is 5.91 Å². The Morgan fingerprint density at radius 1 is 1.11 bits per heavy atom. The van der Waals surface area contributed by atoms with Gasteiger partial charge in [-0.2, -0.15) is 0 Å². The van der Waals surface area contributed by atoms with Crippen LogP contribution in [0.25, 0.3) is 6.08 Å². The minimum Gasteiger partial charge on any atom is -0.493 e. The Morgan fingerprint density at radius 2 is 1.78 bits per heavy atom. The number of benzene rings is 2. The zero-order valence-electron chi connectivity index (χ0n) is 14.6. The number of nitrogens with zero attached hydrogens (tertiary/aromatic N) is 1. The number of ether oxygens (including phenoxy) is 2. The smallest absolute Gasteiger partial charge is 0.269 e. The molecule has 0 fully saturated rings. The van der Waals surface area contributed by atoms with Gasteiger partial charge < -0.3 is 14.8 Å². The largest absolute Gasteiger partial charge is 0.493 e. The number of anilines is 1. The van der Waals surface area contributed by atoms with Crippen LogP contribution in [-0.4, -0.2) is 30.2 Å². The molecule has 140 valence electrons. The molecule has 1 amide bonds. The van der Waals surface area contributed by atoms with E-state index >= 15 is 0 Å². The quantitative estimate of drug-likeness (QED) is 0.340. The van der Waals surface area contributed by atoms with Crippen molar-refractivity contribution in [3.05, 3.63) is 64.2 Å². The molecule has 0 aliphatic rings. The lowest BCUT2D eigenvalue weighted by Gasteiger charge is -2.08. The van der Waals surface area contributed by atoms with Crippen LogP contribution in [-0.2, 0) is 4.79 Å². The van der Waals surface area contributed by atoms with Gasteiger partial charge in [-0.3, -0.25) is 20.2 Å². The maximum atomic E-state index is 12.0. The highest BCUT2D eigenvalue weighted by molar-refractivity contribution is 7.80. The first kappa shape index (κ1) is 19.9. The Bertz CT molecular complexity index is 881. The molecule has 0 saturated carbocycles. The second-order valence-electron chi connectivity index (χ2n) is 5.20. The molecule has 8 nitrogen and oxygen atoms in total. The summed E-state index contributed by atoms with van der Waals surface area (Å²) < 4.78 is 10.4. The summed E-state index contributed by atoms with van der Waals surface area (Å²) in [5.41, 5.74) is 1.24. The summed E-state index contributed by atoms with van der Waals surface area (Å²) >= 11 is 5.05. The predicted octanol–water partition coefficient (Wildman–Crippen LogP) is 3.14. The van der Waals surface area contributed by atoms with Gasteiger partial charge in [-0.25, -0.2) is 0 Å². The van der Waals surface area contributed by atoms with Gasteiger partial charge in [0.25, 0.3) is 5.69 Å². The highest BCUT2D eigenvalue weighted by atomic mass is 32.1. The predicted molar refractivity (Wildman–Crippen MR) is 106 cm³/mol. The summed E-state index contributed by atoms with van der Waals surface area (Å²) in [6, 6.07) is 10.9. The third-order valence-electron chi connectivity index (χ3n) is 3.41. The van der Waals surface area contributed by atoms with E-state index in [-0.39, 0.29) is 10.8 Å². The molecule has 0 atom stereocenters. The molecule has 0 saturated heterocycles. The highest BCUT2D eigenvalue weighted by Crippen LogP contribution is 2.27. The zero-order chi connectivity index (χ0) is 19.8. The van der Waals surface area contributed by atoms with Crippen molar-refractivity contribution in [2.45, 2.75) is 0 Å². The van der Waals surface area contributed by atoms with E-state index in [0.717, 1.165) is 5.56 Å². The molecule has 27 heavy (non-hydrogen) atoms. The number of nitrogens with one attached hydrogen (secondary N) is 2. The van der Waals surface area contributed by atoms with Crippen LogP contribution in [0.5, 0.6) is 11.5 Å². The summed E-state index contributed by atoms with van der Waals surface area (Å²) in [5.74, 6) is 0.715. The molecule has 0 aliphatic carbocycles. The number of rotatable bonds is 6. The Labute approximate surface area is 160 Å². The van der Waals surface area contributed by atoms with E-state index in [2.05, 4.69) is 10.6 Å². The maximum absolute atomic E-state index is 12.0. The Hall–Kier alpha value is -3.46. The van der Waals surface area contributed by atoms with Crippen LogP contribution < -0.4 is 20.1 Å². The van der Waals surface area contributed by atoms with Gasteiger partial charge in [0.1, 0.15) is 0 Å². The molecule has 9 heteroatoms. The van der Waals surface area contributed by atoms with Crippen molar-refractivity contribution < 1.29 is 19.2 Å². The minimum absolute atomic E-state index is 0.0339. The first-order valence-electron chi connectivity index (χ1n) is 7.69. The number of hydrogen-bond acceptors (Lipinski definition) is 6. The van der Waals surface area contributed by atoms with Crippen LogP contribution in [0.2, 0.25) is 0 Å². The summed E-state index contributed by atoms with van der Waals surface area (Å²) in [6.07, 6.45) is 2.93. The van der Waals surface area contributed by atoms with Crippen LogP contribution in [0, 0.1) is 10.1 Å². The summed E-state index contributed by atoms with van der Waals surface area (Å²) in [7, 11) is 3.07. The van der Waals surface area contributed by atoms with Gasteiger partial charge in [-0.15, -0.1) is 0 Å².